The molecule has 0 spiro atoms. The Morgan fingerprint density at radius 1 is 1.40 bits per heavy atom. The van der Waals surface area contributed by atoms with Gasteiger partial charge in [-0.3, -0.25) is 0 Å². The molecule has 1 aromatic carbocycles. The Hall–Kier alpha value is -2.17. The average Bonchev–Trinajstić information content (AvgIpc) is 2.93. The number of imidazole rings is 1. The van der Waals surface area contributed by atoms with Gasteiger partial charge in [-0.05, 0) is 24.6 Å². The second-order valence-corrected chi connectivity index (χ2v) is 6.01. The van der Waals surface area contributed by atoms with Crippen molar-refractivity contribution in [2.45, 2.75) is 24.3 Å². The van der Waals surface area contributed by atoms with Gasteiger partial charge < -0.3 is 4.98 Å². The van der Waals surface area contributed by atoms with Gasteiger partial charge in [0, 0.05) is 12.4 Å². The minimum absolute atomic E-state index is 0.164. The van der Waals surface area contributed by atoms with Crippen LogP contribution in [0.3, 0.4) is 0 Å². The Kier molecular flexibility index (Phi) is 4.17. The molecule has 0 bridgehead atoms. The lowest BCUT2D eigenvalue weighted by Gasteiger charge is -2.12. The topological polar surface area (TPSA) is 98.6 Å². The largest absolute Gasteiger partial charge is 0.347 e. The molecule has 0 fully saturated rings. The molecular weight excluding hydrogens is 276 g/mol. The molecule has 2 rings (SSSR count). The van der Waals surface area contributed by atoms with E-state index in [9.17, 15) is 8.42 Å². The number of rotatable bonds is 5. The maximum atomic E-state index is 12.2. The van der Waals surface area contributed by atoms with Crippen LogP contribution in [-0.2, 0) is 16.4 Å². The number of benzene rings is 1. The molecule has 7 heteroatoms. The number of H-pyrrole nitrogens is 1. The van der Waals surface area contributed by atoms with Crippen LogP contribution >= 0.6 is 0 Å². The van der Waals surface area contributed by atoms with Crippen LogP contribution in [0.4, 0.5) is 0 Å². The number of hydrogen-bond donors (Lipinski definition) is 2. The monoisotopic (exact) mass is 290 g/mol. The highest BCUT2D eigenvalue weighted by molar-refractivity contribution is 7.89. The molecule has 104 valence electrons. The summed E-state index contributed by atoms with van der Waals surface area (Å²) < 4.78 is 26.9. The Balaban J connectivity index is 2.16. The van der Waals surface area contributed by atoms with Gasteiger partial charge in [0.15, 0.2) is 0 Å². The molecule has 20 heavy (non-hydrogen) atoms. The van der Waals surface area contributed by atoms with Crippen LogP contribution in [0.2, 0.25) is 0 Å². The van der Waals surface area contributed by atoms with Crippen LogP contribution in [0.15, 0.2) is 41.6 Å². The standard InChI is InChI=1S/C13H14N4O2S/c1-10(13-15-8-9-16-13)17-20(18,19)12-4-2-11(3-5-12)6-7-14/h2-5,8-10,17H,6H2,1H3,(H,15,16). The molecule has 0 saturated heterocycles. The first-order chi connectivity index (χ1) is 9.53. The van der Waals surface area contributed by atoms with Crippen LogP contribution in [0.25, 0.3) is 0 Å². The molecule has 0 radical (unpaired) electrons. The minimum Gasteiger partial charge on any atom is -0.347 e. The summed E-state index contributed by atoms with van der Waals surface area (Å²) >= 11 is 0. The molecule has 1 heterocycles. The number of aromatic amines is 1. The van der Waals surface area contributed by atoms with Crippen molar-refractivity contribution in [3.63, 3.8) is 0 Å². The van der Waals surface area contributed by atoms with Crippen LogP contribution in [-0.4, -0.2) is 18.4 Å². The number of sulfonamides is 1. The van der Waals surface area contributed by atoms with E-state index >= 15 is 0 Å². The van der Waals surface area contributed by atoms with Crippen molar-refractivity contribution in [3.05, 3.63) is 48.0 Å². The molecule has 0 aliphatic rings. The molecule has 6 nitrogen and oxygen atoms in total. The van der Waals surface area contributed by atoms with Gasteiger partial charge in [-0.2, -0.15) is 5.26 Å². The zero-order valence-corrected chi connectivity index (χ0v) is 11.7. The van der Waals surface area contributed by atoms with Crippen molar-refractivity contribution >= 4 is 10.0 Å². The van der Waals surface area contributed by atoms with Crippen LogP contribution in [0, 0.1) is 11.3 Å². The fourth-order valence-corrected chi connectivity index (χ4v) is 2.96. The lowest BCUT2D eigenvalue weighted by atomic mass is 10.2. The van der Waals surface area contributed by atoms with E-state index in [-0.39, 0.29) is 11.3 Å². The van der Waals surface area contributed by atoms with E-state index in [1.807, 2.05) is 6.07 Å². The second kappa shape index (κ2) is 5.86. The maximum Gasteiger partial charge on any atom is 0.241 e. The maximum absolute atomic E-state index is 12.2. The van der Waals surface area contributed by atoms with Crippen molar-refractivity contribution in [1.82, 2.24) is 14.7 Å². The highest BCUT2D eigenvalue weighted by Crippen LogP contribution is 2.15. The molecule has 1 unspecified atom stereocenters. The number of nitrogens with one attached hydrogen (secondary N) is 2. The molecule has 0 amide bonds. The van der Waals surface area contributed by atoms with Crippen molar-refractivity contribution < 1.29 is 8.42 Å². The first kappa shape index (κ1) is 14.2. The lowest BCUT2D eigenvalue weighted by molar-refractivity contribution is 0.561. The molecule has 0 aliphatic carbocycles. The predicted molar refractivity (Wildman–Crippen MR) is 73.1 cm³/mol. The summed E-state index contributed by atoms with van der Waals surface area (Å²) in [5, 5.41) is 8.58. The predicted octanol–water partition coefficient (Wildman–Crippen LogP) is 1.52. The van der Waals surface area contributed by atoms with Crippen LogP contribution in [0.1, 0.15) is 24.4 Å². The Bertz CT molecular complexity index is 700. The van der Waals surface area contributed by atoms with Crippen molar-refractivity contribution in [3.8, 4) is 6.07 Å². The fourth-order valence-electron chi connectivity index (χ4n) is 1.75. The third-order valence-electron chi connectivity index (χ3n) is 2.78. The summed E-state index contributed by atoms with van der Waals surface area (Å²) in [5.74, 6) is 0.551. The minimum atomic E-state index is -3.61. The van der Waals surface area contributed by atoms with Crippen LogP contribution < -0.4 is 4.72 Å². The van der Waals surface area contributed by atoms with E-state index in [4.69, 9.17) is 5.26 Å². The van der Waals surface area contributed by atoms with E-state index in [0.717, 1.165) is 5.56 Å². The molecule has 2 N–H and O–H groups in total. The molecule has 1 aromatic heterocycles. The molecule has 1 atom stereocenters. The molecule has 2 aromatic rings. The molecular formula is C13H14N4O2S. The normalized spacial score (nSPS) is 12.8. The van der Waals surface area contributed by atoms with Gasteiger partial charge in [0.05, 0.1) is 23.4 Å². The van der Waals surface area contributed by atoms with Gasteiger partial charge in [-0.15, -0.1) is 0 Å². The van der Waals surface area contributed by atoms with E-state index in [0.29, 0.717) is 5.82 Å². The lowest BCUT2D eigenvalue weighted by Crippen LogP contribution is -2.27. The third kappa shape index (κ3) is 3.23. The van der Waals surface area contributed by atoms with E-state index in [2.05, 4.69) is 14.7 Å². The first-order valence-electron chi connectivity index (χ1n) is 6.00. The summed E-state index contributed by atoms with van der Waals surface area (Å²) in [4.78, 5) is 7.04. The summed E-state index contributed by atoms with van der Waals surface area (Å²) in [6, 6.07) is 7.81. The highest BCUT2D eigenvalue weighted by Gasteiger charge is 2.19. The van der Waals surface area contributed by atoms with Crippen molar-refractivity contribution in [2.75, 3.05) is 0 Å². The average molecular weight is 290 g/mol. The smallest absolute Gasteiger partial charge is 0.241 e. The number of aromatic nitrogens is 2. The summed E-state index contributed by atoms with van der Waals surface area (Å²) in [6.07, 6.45) is 3.46. The van der Waals surface area contributed by atoms with E-state index in [1.165, 1.54) is 12.1 Å². The SMILES string of the molecule is CC(NS(=O)(=O)c1ccc(CC#N)cc1)c1ncc[nH]1. The van der Waals surface area contributed by atoms with Crippen LogP contribution in [0.5, 0.6) is 0 Å². The zero-order chi connectivity index (χ0) is 14.6. The quantitative estimate of drug-likeness (QED) is 0.872. The molecule has 0 saturated carbocycles. The van der Waals surface area contributed by atoms with Gasteiger partial charge in [-0.25, -0.2) is 18.1 Å². The zero-order valence-electron chi connectivity index (χ0n) is 10.9. The van der Waals surface area contributed by atoms with Gasteiger partial charge in [-0.1, -0.05) is 12.1 Å². The first-order valence-corrected chi connectivity index (χ1v) is 7.49. The Labute approximate surface area is 117 Å². The fraction of sp³-hybridized carbons (Fsp3) is 0.231. The number of nitrogens with zero attached hydrogens (tertiary/aromatic N) is 2. The van der Waals surface area contributed by atoms with E-state index in [1.54, 1.807) is 31.5 Å². The summed E-state index contributed by atoms with van der Waals surface area (Å²) in [7, 11) is -3.61. The number of nitriles is 1. The summed E-state index contributed by atoms with van der Waals surface area (Å²) in [5.41, 5.74) is 0.783. The molecule has 0 aliphatic heterocycles. The Morgan fingerprint density at radius 3 is 2.65 bits per heavy atom. The van der Waals surface area contributed by atoms with Gasteiger partial charge >= 0.3 is 0 Å². The van der Waals surface area contributed by atoms with Gasteiger partial charge in [0.2, 0.25) is 10.0 Å². The van der Waals surface area contributed by atoms with Crippen molar-refractivity contribution in [2.24, 2.45) is 0 Å². The summed E-state index contributed by atoms with van der Waals surface area (Å²) in [6.45, 7) is 1.71. The second-order valence-electron chi connectivity index (χ2n) is 4.30. The van der Waals surface area contributed by atoms with E-state index < -0.39 is 16.1 Å². The van der Waals surface area contributed by atoms with Gasteiger partial charge in [0.25, 0.3) is 0 Å². The highest BCUT2D eigenvalue weighted by atomic mass is 32.2. The number of hydrogen-bond acceptors (Lipinski definition) is 4. The van der Waals surface area contributed by atoms with Crippen molar-refractivity contribution in [1.29, 1.82) is 5.26 Å². The third-order valence-corrected chi connectivity index (χ3v) is 4.33. The Morgan fingerprint density at radius 2 is 2.10 bits per heavy atom. The van der Waals surface area contributed by atoms with Gasteiger partial charge in [0.1, 0.15) is 5.82 Å².